The van der Waals surface area contributed by atoms with Crippen LogP contribution >= 0.6 is 11.3 Å². The Morgan fingerprint density at radius 3 is 2.72 bits per heavy atom. The van der Waals surface area contributed by atoms with E-state index in [0.717, 1.165) is 6.42 Å². The minimum atomic E-state index is 0.230. The van der Waals surface area contributed by atoms with Crippen LogP contribution in [-0.4, -0.2) is 12.1 Å². The van der Waals surface area contributed by atoms with Crippen molar-refractivity contribution in [2.45, 2.75) is 64.4 Å². The predicted octanol–water partition coefficient (Wildman–Crippen LogP) is 4.92. The standard InChI is InChI=1S/C15H25NOS/c1-4-11(2)13-10-18-15(16-13)14(17-3)12-8-6-5-7-9-12/h10-12,14H,4-9H2,1-3H3. The molecule has 2 nitrogen and oxygen atoms in total. The van der Waals surface area contributed by atoms with Crippen LogP contribution in [0.3, 0.4) is 0 Å². The largest absolute Gasteiger partial charge is 0.374 e. The van der Waals surface area contributed by atoms with Gasteiger partial charge in [0.2, 0.25) is 0 Å². The second kappa shape index (κ2) is 6.67. The molecule has 0 saturated heterocycles. The van der Waals surface area contributed by atoms with Gasteiger partial charge in [-0.25, -0.2) is 4.98 Å². The number of rotatable bonds is 5. The van der Waals surface area contributed by atoms with Gasteiger partial charge in [0.25, 0.3) is 0 Å². The lowest BCUT2D eigenvalue weighted by Crippen LogP contribution is -2.18. The maximum Gasteiger partial charge on any atom is 0.122 e. The van der Waals surface area contributed by atoms with Crippen molar-refractivity contribution < 1.29 is 4.74 Å². The third-order valence-electron chi connectivity index (χ3n) is 4.23. The van der Waals surface area contributed by atoms with Gasteiger partial charge in [-0.2, -0.15) is 0 Å². The van der Waals surface area contributed by atoms with E-state index in [4.69, 9.17) is 9.72 Å². The zero-order valence-corrected chi connectivity index (χ0v) is 12.6. The molecule has 0 aliphatic heterocycles. The first-order valence-electron chi connectivity index (χ1n) is 7.24. The van der Waals surface area contributed by atoms with Crippen LogP contribution in [0.4, 0.5) is 0 Å². The predicted molar refractivity (Wildman–Crippen MR) is 77.1 cm³/mol. The summed E-state index contributed by atoms with van der Waals surface area (Å²) in [7, 11) is 1.84. The zero-order valence-electron chi connectivity index (χ0n) is 11.8. The van der Waals surface area contributed by atoms with Crippen molar-refractivity contribution in [3.63, 3.8) is 0 Å². The lowest BCUT2D eigenvalue weighted by atomic mass is 9.85. The molecule has 1 aromatic heterocycles. The quantitative estimate of drug-likeness (QED) is 0.755. The number of hydrogen-bond acceptors (Lipinski definition) is 3. The third kappa shape index (κ3) is 3.12. The average Bonchev–Trinajstić information content (AvgIpc) is 2.89. The molecule has 0 N–H and O–H groups in total. The van der Waals surface area contributed by atoms with E-state index >= 15 is 0 Å². The van der Waals surface area contributed by atoms with Gasteiger partial charge in [-0.05, 0) is 31.1 Å². The molecular formula is C15H25NOS. The van der Waals surface area contributed by atoms with Gasteiger partial charge >= 0.3 is 0 Å². The van der Waals surface area contributed by atoms with Gasteiger partial charge in [-0.15, -0.1) is 11.3 Å². The van der Waals surface area contributed by atoms with Crippen molar-refractivity contribution in [3.05, 3.63) is 16.1 Å². The molecule has 2 unspecified atom stereocenters. The number of methoxy groups -OCH3 is 1. The fourth-order valence-corrected chi connectivity index (χ4v) is 3.91. The first kappa shape index (κ1) is 14.0. The molecule has 18 heavy (non-hydrogen) atoms. The highest BCUT2D eigenvalue weighted by Gasteiger charge is 2.27. The Kier molecular flexibility index (Phi) is 5.19. The Morgan fingerprint density at radius 2 is 2.11 bits per heavy atom. The Bertz CT molecular complexity index is 357. The summed E-state index contributed by atoms with van der Waals surface area (Å²) in [4.78, 5) is 4.82. The highest BCUT2D eigenvalue weighted by Crippen LogP contribution is 2.38. The van der Waals surface area contributed by atoms with Gasteiger partial charge in [0, 0.05) is 12.5 Å². The molecule has 1 aliphatic carbocycles. The molecule has 2 rings (SSSR count). The van der Waals surface area contributed by atoms with E-state index in [9.17, 15) is 0 Å². The topological polar surface area (TPSA) is 22.1 Å². The van der Waals surface area contributed by atoms with Crippen LogP contribution in [0.25, 0.3) is 0 Å². The van der Waals surface area contributed by atoms with Crippen molar-refractivity contribution in [1.29, 1.82) is 0 Å². The molecule has 0 amide bonds. The number of nitrogens with zero attached hydrogens (tertiary/aromatic N) is 1. The number of aromatic nitrogens is 1. The first-order valence-corrected chi connectivity index (χ1v) is 8.12. The fourth-order valence-electron chi connectivity index (χ4n) is 2.80. The summed E-state index contributed by atoms with van der Waals surface area (Å²) in [5, 5.41) is 3.41. The van der Waals surface area contributed by atoms with Crippen LogP contribution in [0.1, 0.15) is 75.1 Å². The van der Waals surface area contributed by atoms with E-state index in [0.29, 0.717) is 11.8 Å². The van der Waals surface area contributed by atoms with Gasteiger partial charge in [0.1, 0.15) is 11.1 Å². The van der Waals surface area contributed by atoms with E-state index in [-0.39, 0.29) is 6.10 Å². The van der Waals surface area contributed by atoms with E-state index < -0.39 is 0 Å². The molecular weight excluding hydrogens is 242 g/mol. The number of hydrogen-bond donors (Lipinski definition) is 0. The zero-order chi connectivity index (χ0) is 13.0. The van der Waals surface area contributed by atoms with Gasteiger partial charge < -0.3 is 4.74 Å². The van der Waals surface area contributed by atoms with Crippen LogP contribution in [0, 0.1) is 5.92 Å². The average molecular weight is 267 g/mol. The van der Waals surface area contributed by atoms with Gasteiger partial charge in [-0.3, -0.25) is 0 Å². The fraction of sp³-hybridized carbons (Fsp3) is 0.800. The van der Waals surface area contributed by atoms with Gasteiger partial charge in [0.15, 0.2) is 0 Å². The second-order valence-corrected chi connectivity index (χ2v) is 6.36. The molecule has 0 bridgehead atoms. The first-order chi connectivity index (χ1) is 8.76. The number of ether oxygens (including phenoxy) is 1. The van der Waals surface area contributed by atoms with Crippen molar-refractivity contribution >= 4 is 11.3 Å². The molecule has 1 aliphatic rings. The Labute approximate surface area is 115 Å². The van der Waals surface area contributed by atoms with Crippen LogP contribution in [0.15, 0.2) is 5.38 Å². The van der Waals surface area contributed by atoms with Crippen molar-refractivity contribution in [3.8, 4) is 0 Å². The van der Waals surface area contributed by atoms with Crippen molar-refractivity contribution in [1.82, 2.24) is 4.98 Å². The third-order valence-corrected chi connectivity index (χ3v) is 5.16. The lowest BCUT2D eigenvalue weighted by molar-refractivity contribution is 0.0351. The lowest BCUT2D eigenvalue weighted by Gasteiger charge is -2.27. The summed E-state index contributed by atoms with van der Waals surface area (Å²) in [6.45, 7) is 4.47. The molecule has 1 saturated carbocycles. The Balaban J connectivity index is 2.09. The van der Waals surface area contributed by atoms with Gasteiger partial charge in [-0.1, -0.05) is 33.1 Å². The second-order valence-electron chi connectivity index (χ2n) is 5.47. The SMILES string of the molecule is CCC(C)c1csc(C(OC)C2CCCCC2)n1. The van der Waals surface area contributed by atoms with Crippen LogP contribution in [0.5, 0.6) is 0 Å². The molecule has 102 valence electrons. The van der Waals surface area contributed by atoms with Crippen LogP contribution in [0.2, 0.25) is 0 Å². The molecule has 1 fully saturated rings. The minimum absolute atomic E-state index is 0.230. The molecule has 0 aromatic carbocycles. The van der Waals surface area contributed by atoms with Crippen LogP contribution in [-0.2, 0) is 4.74 Å². The summed E-state index contributed by atoms with van der Waals surface area (Å²) in [5.74, 6) is 1.25. The molecule has 0 spiro atoms. The summed E-state index contributed by atoms with van der Waals surface area (Å²) in [6.07, 6.45) is 8.09. The summed E-state index contributed by atoms with van der Waals surface area (Å²) in [5.41, 5.74) is 1.25. The van der Waals surface area contributed by atoms with Crippen molar-refractivity contribution in [2.75, 3.05) is 7.11 Å². The van der Waals surface area contributed by atoms with E-state index in [1.165, 1.54) is 42.8 Å². The minimum Gasteiger partial charge on any atom is -0.374 e. The van der Waals surface area contributed by atoms with E-state index in [2.05, 4.69) is 19.2 Å². The maximum absolute atomic E-state index is 5.75. The summed E-state index contributed by atoms with van der Waals surface area (Å²) >= 11 is 1.78. The van der Waals surface area contributed by atoms with Crippen molar-refractivity contribution in [2.24, 2.45) is 5.92 Å². The highest BCUT2D eigenvalue weighted by molar-refractivity contribution is 7.09. The van der Waals surface area contributed by atoms with Gasteiger partial charge in [0.05, 0.1) is 5.69 Å². The smallest absolute Gasteiger partial charge is 0.122 e. The Hall–Kier alpha value is -0.410. The molecule has 1 aromatic rings. The summed E-state index contributed by atoms with van der Waals surface area (Å²) < 4.78 is 5.75. The summed E-state index contributed by atoms with van der Waals surface area (Å²) in [6, 6.07) is 0. The molecule has 2 atom stereocenters. The maximum atomic E-state index is 5.75. The number of thiazole rings is 1. The Morgan fingerprint density at radius 1 is 1.39 bits per heavy atom. The highest BCUT2D eigenvalue weighted by atomic mass is 32.1. The van der Waals surface area contributed by atoms with E-state index in [1.54, 1.807) is 11.3 Å². The molecule has 1 heterocycles. The molecule has 0 radical (unpaired) electrons. The molecule has 3 heteroatoms. The van der Waals surface area contributed by atoms with E-state index in [1.807, 2.05) is 7.11 Å². The monoisotopic (exact) mass is 267 g/mol. The normalized spacial score (nSPS) is 20.8. The van der Waals surface area contributed by atoms with Crippen LogP contribution < -0.4 is 0 Å².